The van der Waals surface area contributed by atoms with Crippen LogP contribution in [0.3, 0.4) is 0 Å². The van der Waals surface area contributed by atoms with E-state index < -0.39 is 57.3 Å². The summed E-state index contributed by atoms with van der Waals surface area (Å²) >= 11 is 0. The topological polar surface area (TPSA) is 117 Å². The van der Waals surface area contributed by atoms with Crippen LogP contribution in [0.15, 0.2) is 30.7 Å². The molecule has 8 nitrogen and oxygen atoms in total. The number of amides is 1. The Morgan fingerprint density at radius 1 is 1.17 bits per heavy atom. The van der Waals surface area contributed by atoms with Gasteiger partial charge in [0.15, 0.2) is 11.5 Å². The molecule has 1 aromatic carbocycles. The maximum Gasteiger partial charge on any atom is 0.390 e. The Morgan fingerprint density at radius 3 is 2.60 bits per heavy atom. The summed E-state index contributed by atoms with van der Waals surface area (Å²) < 4.78 is 90.4. The summed E-state index contributed by atoms with van der Waals surface area (Å²) in [7, 11) is -4.58. The quantitative estimate of drug-likeness (QED) is 0.500. The van der Waals surface area contributed by atoms with Gasteiger partial charge in [0.05, 0.1) is 35.3 Å². The second kappa shape index (κ2) is 7.85. The van der Waals surface area contributed by atoms with Crippen molar-refractivity contribution in [3.05, 3.63) is 47.9 Å². The minimum Gasteiger partial charge on any atom is -0.343 e. The van der Waals surface area contributed by atoms with Crippen molar-refractivity contribution in [2.75, 3.05) is 15.8 Å². The molecule has 1 amide bonds. The Hall–Kier alpha value is -3.29. The third-order valence-electron chi connectivity index (χ3n) is 3.79. The third kappa shape index (κ3) is 5.00. The van der Waals surface area contributed by atoms with E-state index in [2.05, 4.69) is 15.0 Å². The number of rotatable bonds is 6. The summed E-state index contributed by atoms with van der Waals surface area (Å²) in [5, 5.41) is 1.96. The van der Waals surface area contributed by atoms with Gasteiger partial charge in [0.2, 0.25) is 10.0 Å². The largest absolute Gasteiger partial charge is 0.390 e. The van der Waals surface area contributed by atoms with Crippen LogP contribution in [0.5, 0.6) is 0 Å². The molecule has 0 aliphatic rings. The van der Waals surface area contributed by atoms with Crippen LogP contribution in [-0.4, -0.2) is 41.2 Å². The Morgan fingerprint density at radius 2 is 1.90 bits per heavy atom. The van der Waals surface area contributed by atoms with E-state index in [-0.39, 0.29) is 5.56 Å². The number of anilines is 2. The average molecular weight is 449 g/mol. The van der Waals surface area contributed by atoms with Gasteiger partial charge in [-0.2, -0.15) is 13.2 Å². The van der Waals surface area contributed by atoms with E-state index >= 15 is 0 Å². The van der Waals surface area contributed by atoms with Gasteiger partial charge >= 0.3 is 6.18 Å². The van der Waals surface area contributed by atoms with Gasteiger partial charge in [-0.15, -0.1) is 0 Å². The molecular weight excluding hydrogens is 437 g/mol. The molecule has 0 fully saturated rings. The number of hydrogen-bond acceptors (Lipinski definition) is 5. The molecule has 0 bridgehead atoms. The van der Waals surface area contributed by atoms with E-state index in [0.29, 0.717) is 23.3 Å². The molecular formula is C16H12F5N5O3S. The number of carbonyl (C=O) groups is 1. The van der Waals surface area contributed by atoms with Crippen LogP contribution in [0, 0.1) is 11.6 Å². The molecule has 2 aromatic heterocycles. The van der Waals surface area contributed by atoms with Crippen molar-refractivity contribution in [1.82, 2.24) is 15.0 Å². The van der Waals surface area contributed by atoms with Gasteiger partial charge < -0.3 is 10.3 Å². The van der Waals surface area contributed by atoms with Crippen LogP contribution in [0.1, 0.15) is 16.8 Å². The third-order valence-corrected chi connectivity index (χ3v) is 5.06. The van der Waals surface area contributed by atoms with Gasteiger partial charge in [0.25, 0.3) is 5.91 Å². The normalized spacial score (nSPS) is 12.2. The molecule has 0 saturated carbocycles. The fourth-order valence-electron chi connectivity index (χ4n) is 2.35. The smallest absolute Gasteiger partial charge is 0.343 e. The summed E-state index contributed by atoms with van der Waals surface area (Å²) in [4.78, 5) is 22.7. The van der Waals surface area contributed by atoms with E-state index in [1.165, 1.54) is 12.4 Å². The number of aromatic amines is 1. The molecule has 0 aliphatic carbocycles. The van der Waals surface area contributed by atoms with E-state index in [1.54, 1.807) is 4.72 Å². The van der Waals surface area contributed by atoms with Crippen molar-refractivity contribution in [1.29, 1.82) is 0 Å². The summed E-state index contributed by atoms with van der Waals surface area (Å²) in [6, 6.07) is 2.66. The molecule has 0 spiro atoms. The van der Waals surface area contributed by atoms with E-state index in [4.69, 9.17) is 0 Å². The number of sulfonamides is 1. The predicted octanol–water partition coefficient (Wildman–Crippen LogP) is 3.18. The van der Waals surface area contributed by atoms with Gasteiger partial charge in [-0.25, -0.2) is 27.2 Å². The maximum atomic E-state index is 14.6. The molecule has 2 heterocycles. The summed E-state index contributed by atoms with van der Waals surface area (Å²) in [5.74, 6) is -5.05. The molecule has 3 N–H and O–H groups in total. The number of carbonyl (C=O) groups excluding carboxylic acids is 1. The number of alkyl halides is 3. The van der Waals surface area contributed by atoms with Crippen molar-refractivity contribution in [3.63, 3.8) is 0 Å². The highest BCUT2D eigenvalue weighted by molar-refractivity contribution is 7.92. The molecule has 3 aromatic rings. The Balaban J connectivity index is 1.82. The van der Waals surface area contributed by atoms with Gasteiger partial charge in [-0.1, -0.05) is 0 Å². The lowest BCUT2D eigenvalue weighted by atomic mass is 10.2. The van der Waals surface area contributed by atoms with Crippen molar-refractivity contribution < 1.29 is 35.2 Å². The fourth-order valence-corrected chi connectivity index (χ4v) is 3.45. The number of halogens is 5. The Bertz CT molecular complexity index is 1210. The van der Waals surface area contributed by atoms with Crippen molar-refractivity contribution in [2.24, 2.45) is 0 Å². The zero-order chi connectivity index (χ0) is 22.1. The zero-order valence-corrected chi connectivity index (χ0v) is 15.5. The highest BCUT2D eigenvalue weighted by Crippen LogP contribution is 2.28. The molecule has 160 valence electrons. The zero-order valence-electron chi connectivity index (χ0n) is 14.7. The molecule has 0 radical (unpaired) electrons. The lowest BCUT2D eigenvalue weighted by molar-refractivity contribution is -0.129. The first kappa shape index (κ1) is 21.4. The van der Waals surface area contributed by atoms with Gasteiger partial charge in [0, 0.05) is 6.20 Å². The average Bonchev–Trinajstić information content (AvgIpc) is 3.13. The molecule has 0 aliphatic heterocycles. The lowest BCUT2D eigenvalue weighted by Gasteiger charge is -2.13. The number of H-pyrrole nitrogens is 1. The van der Waals surface area contributed by atoms with Crippen LogP contribution in [0.4, 0.5) is 33.3 Å². The number of benzene rings is 1. The minimum atomic E-state index is -4.74. The van der Waals surface area contributed by atoms with Gasteiger partial charge in [0.1, 0.15) is 11.5 Å². The summed E-state index contributed by atoms with van der Waals surface area (Å²) in [5.41, 5.74) is -1.20. The fraction of sp³-hybridized carbons (Fsp3) is 0.188. The van der Waals surface area contributed by atoms with Crippen molar-refractivity contribution >= 4 is 38.5 Å². The lowest BCUT2D eigenvalue weighted by Crippen LogP contribution is -2.23. The first-order valence-corrected chi connectivity index (χ1v) is 9.76. The first-order valence-electron chi connectivity index (χ1n) is 8.11. The first-order chi connectivity index (χ1) is 14.0. The van der Waals surface area contributed by atoms with Crippen LogP contribution < -0.4 is 10.0 Å². The molecule has 0 atom stereocenters. The highest BCUT2D eigenvalue weighted by atomic mass is 32.2. The minimum absolute atomic E-state index is 0.0817. The molecule has 3 rings (SSSR count). The number of imidazole rings is 1. The standard InChI is InChI=1S/C16H12F5N5O3S/c17-9-1-2-10(26-30(28,29)4-3-16(19,20)21)12(18)13(9)25-15(27)8-5-11-14(22-6-8)24-7-23-11/h1-2,5-7,26H,3-4H2,(H,25,27)(H,22,23,24). The van der Waals surface area contributed by atoms with Gasteiger partial charge in [-0.3, -0.25) is 9.52 Å². The summed E-state index contributed by atoms with van der Waals surface area (Å²) in [6.07, 6.45) is -3.96. The molecule has 0 saturated heterocycles. The number of aromatic nitrogens is 3. The second-order valence-electron chi connectivity index (χ2n) is 6.02. The molecule has 14 heteroatoms. The van der Waals surface area contributed by atoms with E-state index in [0.717, 1.165) is 6.20 Å². The monoisotopic (exact) mass is 449 g/mol. The Labute approximate surface area is 165 Å². The van der Waals surface area contributed by atoms with Crippen LogP contribution in [0.2, 0.25) is 0 Å². The van der Waals surface area contributed by atoms with E-state index in [1.807, 2.05) is 5.32 Å². The number of nitrogens with one attached hydrogen (secondary N) is 3. The second-order valence-corrected chi connectivity index (χ2v) is 7.86. The van der Waals surface area contributed by atoms with Crippen LogP contribution >= 0.6 is 0 Å². The van der Waals surface area contributed by atoms with Crippen LogP contribution in [0.25, 0.3) is 11.2 Å². The SMILES string of the molecule is O=C(Nc1c(F)ccc(NS(=O)(=O)CCC(F)(F)F)c1F)c1cnc2nc[nH]c2c1. The van der Waals surface area contributed by atoms with Gasteiger partial charge in [-0.05, 0) is 18.2 Å². The van der Waals surface area contributed by atoms with Crippen molar-refractivity contribution in [2.45, 2.75) is 12.6 Å². The maximum absolute atomic E-state index is 14.6. The predicted molar refractivity (Wildman–Crippen MR) is 96.3 cm³/mol. The number of hydrogen-bond donors (Lipinski definition) is 3. The number of nitrogens with zero attached hydrogens (tertiary/aromatic N) is 2. The Kier molecular flexibility index (Phi) is 5.61. The molecule has 0 unspecified atom stereocenters. The van der Waals surface area contributed by atoms with E-state index in [9.17, 15) is 35.2 Å². The summed E-state index contributed by atoms with van der Waals surface area (Å²) in [6.45, 7) is 0. The molecule has 30 heavy (non-hydrogen) atoms. The van der Waals surface area contributed by atoms with Crippen LogP contribution in [-0.2, 0) is 10.0 Å². The highest BCUT2D eigenvalue weighted by Gasteiger charge is 2.30. The van der Waals surface area contributed by atoms with Crippen molar-refractivity contribution in [3.8, 4) is 0 Å². The number of pyridine rings is 1. The number of fused-ring (bicyclic) bond motifs is 1.